The highest BCUT2D eigenvalue weighted by molar-refractivity contribution is 6.04. The van der Waals surface area contributed by atoms with Crippen LogP contribution in [0.5, 0.6) is 0 Å². The first-order chi connectivity index (χ1) is 23.1. The largest absolute Gasteiger partial charge is 0.433 e. The molecule has 3 fully saturated rings. The Hall–Kier alpha value is -3.87. The smallest absolute Gasteiger partial charge is 0.295 e. The lowest BCUT2D eigenvalue weighted by Crippen LogP contribution is -2.66. The zero-order valence-electron chi connectivity index (χ0n) is 29.9. The molecule has 0 saturated heterocycles. The van der Waals surface area contributed by atoms with Gasteiger partial charge in [-0.2, -0.15) is 18.4 Å². The van der Waals surface area contributed by atoms with Gasteiger partial charge in [-0.25, -0.2) is 9.97 Å². The van der Waals surface area contributed by atoms with Gasteiger partial charge in [0.15, 0.2) is 11.6 Å². The van der Waals surface area contributed by atoms with Gasteiger partial charge in [0.25, 0.3) is 0 Å². The Kier molecular flexibility index (Phi) is 7.32. The van der Waals surface area contributed by atoms with Crippen molar-refractivity contribution in [1.82, 2.24) is 14.5 Å². The second-order valence-electron chi connectivity index (χ2n) is 17.8. The molecule has 50 heavy (non-hydrogen) atoms. The van der Waals surface area contributed by atoms with Crippen LogP contribution in [-0.2, 0) is 15.8 Å². The van der Waals surface area contributed by atoms with Crippen LogP contribution in [0.3, 0.4) is 0 Å². The molecule has 2 aromatic rings. The Balaban J connectivity index is 1.31. The van der Waals surface area contributed by atoms with Crippen molar-refractivity contribution >= 4 is 17.5 Å². The zero-order chi connectivity index (χ0) is 36.4. The quantitative estimate of drug-likeness (QED) is 0.313. The van der Waals surface area contributed by atoms with E-state index in [-0.39, 0.29) is 51.7 Å². The Labute approximate surface area is 291 Å². The summed E-state index contributed by atoms with van der Waals surface area (Å²) in [6.45, 7) is 14.8. The maximum absolute atomic E-state index is 14.8. The molecule has 0 aliphatic heterocycles. The number of allylic oxidation sites excluding steroid dienone is 4. The number of hydrogen-bond donors (Lipinski definition) is 0. The van der Waals surface area contributed by atoms with Gasteiger partial charge in [-0.3, -0.25) is 19.0 Å². The summed E-state index contributed by atoms with van der Waals surface area (Å²) in [5.41, 5.74) is -2.96. The van der Waals surface area contributed by atoms with Crippen LogP contribution < -0.4 is 0 Å². The van der Waals surface area contributed by atoms with Crippen molar-refractivity contribution in [1.29, 1.82) is 5.26 Å². The van der Waals surface area contributed by atoms with Gasteiger partial charge in [0.05, 0.1) is 16.7 Å². The number of Topliss-reactive ketones (excluding diaryl/α,β-unsaturated/α-hetero) is 1. The average Bonchev–Trinajstić information content (AvgIpc) is 3.54. The topological polar surface area (TPSA) is 106 Å². The molecule has 3 saturated carbocycles. The number of nitrogens with zero attached hydrogens (tertiary/aromatic N) is 4. The number of fused-ring (bicyclic) bond motifs is 7. The van der Waals surface area contributed by atoms with Crippen LogP contribution in [0.25, 0.3) is 11.4 Å². The molecule has 264 valence electrons. The van der Waals surface area contributed by atoms with Crippen LogP contribution >= 0.6 is 0 Å². The Morgan fingerprint density at radius 3 is 2.36 bits per heavy atom. The predicted molar refractivity (Wildman–Crippen MR) is 180 cm³/mol. The summed E-state index contributed by atoms with van der Waals surface area (Å²) in [5, 5.41) is 10.00. The van der Waals surface area contributed by atoms with Gasteiger partial charge in [0.1, 0.15) is 23.8 Å². The highest BCUT2D eigenvalue weighted by Gasteiger charge is 2.71. The number of aromatic nitrogens is 3. The summed E-state index contributed by atoms with van der Waals surface area (Å²) >= 11 is 0. The first-order valence-electron chi connectivity index (χ1n) is 17.7. The fourth-order valence-corrected chi connectivity index (χ4v) is 11.6. The molecule has 0 spiro atoms. The predicted octanol–water partition coefficient (Wildman–Crippen LogP) is 8.82. The summed E-state index contributed by atoms with van der Waals surface area (Å²) < 4.78 is 41.7. The van der Waals surface area contributed by atoms with Crippen LogP contribution in [0.15, 0.2) is 54.0 Å². The van der Waals surface area contributed by atoms with Crippen molar-refractivity contribution in [2.45, 2.75) is 99.6 Å². The molecule has 5 aliphatic rings. The van der Waals surface area contributed by atoms with Gasteiger partial charge in [-0.05, 0) is 91.2 Å². The average molecular weight is 687 g/mol. The van der Waals surface area contributed by atoms with Gasteiger partial charge in [0, 0.05) is 22.9 Å². The van der Waals surface area contributed by atoms with Crippen molar-refractivity contribution < 1.29 is 27.6 Å². The summed E-state index contributed by atoms with van der Waals surface area (Å²) in [7, 11) is 0. The van der Waals surface area contributed by atoms with E-state index in [2.05, 4.69) is 50.7 Å². The third kappa shape index (κ3) is 4.56. The van der Waals surface area contributed by atoms with E-state index in [1.54, 1.807) is 0 Å². The molecule has 7 rings (SSSR count). The van der Waals surface area contributed by atoms with E-state index >= 15 is 0 Å². The molecule has 0 amide bonds. The van der Waals surface area contributed by atoms with E-state index in [9.17, 15) is 32.8 Å². The van der Waals surface area contributed by atoms with Crippen molar-refractivity contribution in [2.24, 2.45) is 50.2 Å². The van der Waals surface area contributed by atoms with E-state index < -0.39 is 44.9 Å². The molecule has 0 radical (unpaired) electrons. The van der Waals surface area contributed by atoms with Crippen molar-refractivity contribution in [3.05, 3.63) is 59.7 Å². The third-order valence-corrected chi connectivity index (χ3v) is 14.4. The minimum atomic E-state index is -4.61. The maximum Gasteiger partial charge on any atom is 0.433 e. The number of halogens is 3. The molecule has 2 heterocycles. The normalized spacial score (nSPS) is 37.3. The fourth-order valence-electron chi connectivity index (χ4n) is 11.6. The van der Waals surface area contributed by atoms with E-state index in [1.807, 2.05) is 26.0 Å². The van der Waals surface area contributed by atoms with Crippen LogP contribution in [-0.4, -0.2) is 32.0 Å². The molecule has 10 heteroatoms. The first kappa shape index (κ1) is 34.6. The van der Waals surface area contributed by atoms with E-state index in [0.717, 1.165) is 30.9 Å². The summed E-state index contributed by atoms with van der Waals surface area (Å²) in [4.78, 5) is 51.1. The maximum atomic E-state index is 14.8. The van der Waals surface area contributed by atoms with Gasteiger partial charge < -0.3 is 0 Å². The number of carbonyl (C=O) groups excluding carboxylic acids is 3. The molecule has 0 aromatic carbocycles. The van der Waals surface area contributed by atoms with Crippen molar-refractivity contribution in [2.75, 3.05) is 0 Å². The molecular formula is C40H45F3N4O3. The Bertz CT molecular complexity index is 1950. The molecule has 0 N–H and O–H groups in total. The molecule has 5 aliphatic carbocycles. The van der Waals surface area contributed by atoms with Crippen LogP contribution in [0.1, 0.15) is 104 Å². The first-order valence-corrected chi connectivity index (χ1v) is 17.7. The molecule has 7 atom stereocenters. The number of imidazole rings is 1. The third-order valence-electron chi connectivity index (χ3n) is 14.4. The standard InChI is InChI=1S/C40H45F3N4O3/c1-34(2)13-15-39(33(50)47-21-26(45-22-47)25-9-8-10-30(46-25)40(41,42)43)16-14-38(7)31(24(39)19-34)27(48)17-29-36(5)18-23(20-44)32(49)35(3,4)28(36)11-12-37(29,38)6/h8-10,17-18,21-22,24,28,31H,11-16,19H2,1-7H3/t24?,28?,31-,36-,37+,38+,39-/m0/s1. The van der Waals surface area contributed by atoms with E-state index in [4.69, 9.17) is 0 Å². The second-order valence-corrected chi connectivity index (χ2v) is 17.8. The lowest BCUT2D eigenvalue weighted by Gasteiger charge is -2.69. The number of alkyl halides is 3. The van der Waals surface area contributed by atoms with Gasteiger partial charge in [0.2, 0.25) is 5.91 Å². The fraction of sp³-hybridized carbons (Fsp3) is 0.600. The van der Waals surface area contributed by atoms with Gasteiger partial charge in [-0.1, -0.05) is 66.2 Å². The molecule has 7 nitrogen and oxygen atoms in total. The summed E-state index contributed by atoms with van der Waals surface area (Å²) in [6, 6.07) is 5.78. The number of rotatable bonds is 2. The minimum Gasteiger partial charge on any atom is -0.295 e. The number of pyridine rings is 1. The number of nitriles is 1. The minimum absolute atomic E-state index is 0.00234. The van der Waals surface area contributed by atoms with E-state index in [0.29, 0.717) is 25.7 Å². The molecular weight excluding hydrogens is 641 g/mol. The molecule has 2 unspecified atom stereocenters. The zero-order valence-corrected chi connectivity index (χ0v) is 29.9. The highest BCUT2D eigenvalue weighted by atomic mass is 19.4. The molecule has 2 aromatic heterocycles. The lowest BCUT2D eigenvalue weighted by molar-refractivity contribution is -0.164. The van der Waals surface area contributed by atoms with Crippen LogP contribution in [0.2, 0.25) is 0 Å². The summed E-state index contributed by atoms with van der Waals surface area (Å²) in [5.74, 6) is -1.08. The number of carbonyl (C=O) groups is 3. The number of hydrogen-bond acceptors (Lipinski definition) is 6. The van der Waals surface area contributed by atoms with Crippen LogP contribution in [0.4, 0.5) is 13.2 Å². The monoisotopic (exact) mass is 686 g/mol. The second kappa shape index (κ2) is 10.6. The van der Waals surface area contributed by atoms with Gasteiger partial charge >= 0.3 is 6.18 Å². The Morgan fingerprint density at radius 1 is 0.980 bits per heavy atom. The Morgan fingerprint density at radius 2 is 1.68 bits per heavy atom. The van der Waals surface area contributed by atoms with Crippen LogP contribution in [0, 0.1) is 61.6 Å². The van der Waals surface area contributed by atoms with Crippen molar-refractivity contribution in [3.8, 4) is 17.5 Å². The van der Waals surface area contributed by atoms with Gasteiger partial charge in [-0.15, -0.1) is 0 Å². The van der Waals surface area contributed by atoms with Crippen molar-refractivity contribution in [3.63, 3.8) is 0 Å². The SMILES string of the molecule is CC1(C)CC[C@]2(C(=O)n3cnc(-c4cccc(C(F)(F)F)n4)c3)CC[C@]3(C)[C@H](C(=O)C=C4[C@@]5(C)C=C(C#N)C(=O)C(C)(C)C5CC[C@]43C)C2C1. The summed E-state index contributed by atoms with van der Waals surface area (Å²) in [6.07, 6.45) is 6.72. The van der Waals surface area contributed by atoms with E-state index in [1.165, 1.54) is 29.2 Å². The lowest BCUT2D eigenvalue weighted by atomic mass is 9.34. The molecule has 0 bridgehead atoms. The highest BCUT2D eigenvalue weighted by Crippen LogP contribution is 2.74. The number of ketones is 2.